The Morgan fingerprint density at radius 1 is 1.29 bits per heavy atom. The van der Waals surface area contributed by atoms with Gasteiger partial charge in [-0.3, -0.25) is 0 Å². The van der Waals surface area contributed by atoms with Gasteiger partial charge in [0, 0.05) is 23.7 Å². The first-order chi connectivity index (χ1) is 6.72. The molecule has 3 nitrogen and oxygen atoms in total. The van der Waals surface area contributed by atoms with E-state index in [1.54, 1.807) is 11.8 Å². The van der Waals surface area contributed by atoms with E-state index in [0.717, 1.165) is 22.3 Å². The number of hydrogen-bond donors (Lipinski definition) is 1. The van der Waals surface area contributed by atoms with Gasteiger partial charge in [-0.05, 0) is 19.9 Å². The number of rotatable bonds is 4. The second-order valence-corrected chi connectivity index (χ2v) is 3.94. The number of nitrogens with zero attached hydrogens (tertiary/aromatic N) is 2. The second-order valence-electron chi connectivity index (χ2n) is 2.95. The van der Waals surface area contributed by atoms with Crippen LogP contribution in [0.15, 0.2) is 23.4 Å². The summed E-state index contributed by atoms with van der Waals surface area (Å²) in [7, 11) is 0. The summed E-state index contributed by atoms with van der Waals surface area (Å²) < 4.78 is 0. The van der Waals surface area contributed by atoms with Crippen molar-refractivity contribution in [2.24, 2.45) is 5.73 Å². The van der Waals surface area contributed by atoms with Crippen LogP contribution in [0, 0.1) is 13.8 Å². The van der Waals surface area contributed by atoms with Gasteiger partial charge in [0.25, 0.3) is 0 Å². The van der Waals surface area contributed by atoms with Crippen LogP contribution < -0.4 is 5.73 Å². The van der Waals surface area contributed by atoms with Crippen molar-refractivity contribution < 1.29 is 0 Å². The van der Waals surface area contributed by atoms with Gasteiger partial charge < -0.3 is 5.73 Å². The molecule has 0 fully saturated rings. The second kappa shape index (κ2) is 5.78. The molecular formula is C10H15N3S. The van der Waals surface area contributed by atoms with Crippen LogP contribution >= 0.6 is 11.8 Å². The highest BCUT2D eigenvalue weighted by molar-refractivity contribution is 7.99. The van der Waals surface area contributed by atoms with E-state index >= 15 is 0 Å². The normalized spacial score (nSPS) is 11.1. The van der Waals surface area contributed by atoms with Crippen molar-refractivity contribution in [3.63, 3.8) is 0 Å². The Kier molecular flexibility index (Phi) is 4.62. The number of aromatic nitrogens is 2. The predicted molar refractivity (Wildman–Crippen MR) is 60.4 cm³/mol. The fraction of sp³-hybridized carbons (Fsp3) is 0.400. The van der Waals surface area contributed by atoms with Crippen LogP contribution in [0.2, 0.25) is 0 Å². The van der Waals surface area contributed by atoms with Gasteiger partial charge in [0.2, 0.25) is 0 Å². The highest BCUT2D eigenvalue weighted by Crippen LogP contribution is 2.13. The first-order valence-corrected chi connectivity index (χ1v) is 5.51. The predicted octanol–water partition coefficient (Wildman–Crippen LogP) is 1.70. The summed E-state index contributed by atoms with van der Waals surface area (Å²) in [6.07, 6.45) is 3.97. The first kappa shape index (κ1) is 11.2. The quantitative estimate of drug-likeness (QED) is 0.466. The average molecular weight is 209 g/mol. The van der Waals surface area contributed by atoms with E-state index in [4.69, 9.17) is 5.73 Å². The number of hydrogen-bond acceptors (Lipinski definition) is 4. The molecule has 1 aromatic rings. The van der Waals surface area contributed by atoms with Gasteiger partial charge >= 0.3 is 0 Å². The van der Waals surface area contributed by atoms with Crippen LogP contribution in [0.25, 0.3) is 0 Å². The summed E-state index contributed by atoms with van der Waals surface area (Å²) in [6, 6.07) is 1.97. The molecule has 0 atom stereocenters. The molecule has 0 aliphatic rings. The lowest BCUT2D eigenvalue weighted by Gasteiger charge is -2.00. The Labute approximate surface area is 88.8 Å². The summed E-state index contributed by atoms with van der Waals surface area (Å²) in [6.45, 7) is 4.55. The fourth-order valence-electron chi connectivity index (χ4n) is 1.05. The Morgan fingerprint density at radius 3 is 2.50 bits per heavy atom. The lowest BCUT2D eigenvalue weighted by atomic mass is 10.4. The standard InChI is InChI=1S/C10H15N3S/c1-8-7-9(2)13-10(12-8)14-6-4-3-5-11/h3-4,7H,5-6,11H2,1-2H3. The molecule has 14 heavy (non-hydrogen) atoms. The zero-order chi connectivity index (χ0) is 10.4. The maximum Gasteiger partial charge on any atom is 0.188 e. The van der Waals surface area contributed by atoms with Crippen molar-refractivity contribution in [1.29, 1.82) is 0 Å². The Hall–Kier alpha value is -0.870. The summed E-state index contributed by atoms with van der Waals surface area (Å²) in [5, 5.41) is 0.837. The van der Waals surface area contributed by atoms with Gasteiger partial charge in [-0.15, -0.1) is 0 Å². The third kappa shape index (κ3) is 3.89. The summed E-state index contributed by atoms with van der Waals surface area (Å²) >= 11 is 1.62. The van der Waals surface area contributed by atoms with Gasteiger partial charge in [0.05, 0.1) is 0 Å². The molecular weight excluding hydrogens is 194 g/mol. The fourth-order valence-corrected chi connectivity index (χ4v) is 1.84. The molecule has 0 amide bonds. The maximum atomic E-state index is 5.33. The van der Waals surface area contributed by atoms with Crippen LogP contribution in [0.3, 0.4) is 0 Å². The van der Waals surface area contributed by atoms with E-state index in [0.29, 0.717) is 6.54 Å². The molecule has 2 N–H and O–H groups in total. The third-order valence-electron chi connectivity index (χ3n) is 1.57. The van der Waals surface area contributed by atoms with Gasteiger partial charge in [0.1, 0.15) is 0 Å². The molecule has 1 rings (SSSR count). The van der Waals surface area contributed by atoms with Crippen LogP contribution in [-0.2, 0) is 0 Å². The molecule has 0 bridgehead atoms. The van der Waals surface area contributed by atoms with Crippen molar-refractivity contribution in [3.05, 3.63) is 29.6 Å². The maximum absolute atomic E-state index is 5.33. The van der Waals surface area contributed by atoms with Crippen LogP contribution in [0.1, 0.15) is 11.4 Å². The minimum absolute atomic E-state index is 0.592. The molecule has 1 heterocycles. The van der Waals surface area contributed by atoms with E-state index < -0.39 is 0 Å². The summed E-state index contributed by atoms with van der Waals surface area (Å²) in [5.41, 5.74) is 7.36. The molecule has 0 spiro atoms. The van der Waals surface area contributed by atoms with E-state index in [1.165, 1.54) is 0 Å². The monoisotopic (exact) mass is 209 g/mol. The van der Waals surface area contributed by atoms with Crippen molar-refractivity contribution in [1.82, 2.24) is 9.97 Å². The summed E-state index contributed by atoms with van der Waals surface area (Å²) in [4.78, 5) is 8.64. The van der Waals surface area contributed by atoms with Crippen LogP contribution in [-0.4, -0.2) is 22.3 Å². The Morgan fingerprint density at radius 2 is 1.93 bits per heavy atom. The molecule has 0 aliphatic carbocycles. The van der Waals surface area contributed by atoms with Crippen molar-refractivity contribution >= 4 is 11.8 Å². The highest BCUT2D eigenvalue weighted by atomic mass is 32.2. The van der Waals surface area contributed by atoms with Gasteiger partial charge in [-0.25, -0.2) is 9.97 Å². The highest BCUT2D eigenvalue weighted by Gasteiger charge is 1.98. The molecule has 76 valence electrons. The molecule has 4 heteroatoms. The van der Waals surface area contributed by atoms with Gasteiger partial charge in [0.15, 0.2) is 5.16 Å². The lowest BCUT2D eigenvalue weighted by Crippen LogP contribution is -1.94. The number of thioether (sulfide) groups is 1. The number of nitrogens with two attached hydrogens (primary N) is 1. The lowest BCUT2D eigenvalue weighted by molar-refractivity contribution is 0.903. The van der Waals surface area contributed by atoms with Crippen molar-refractivity contribution in [2.75, 3.05) is 12.3 Å². The molecule has 0 aromatic carbocycles. The largest absolute Gasteiger partial charge is 0.327 e. The molecule has 0 aliphatic heterocycles. The Balaban J connectivity index is 2.54. The molecule has 1 aromatic heterocycles. The smallest absolute Gasteiger partial charge is 0.188 e. The van der Waals surface area contributed by atoms with Crippen molar-refractivity contribution in [2.45, 2.75) is 19.0 Å². The molecule has 0 saturated carbocycles. The minimum atomic E-state index is 0.592. The number of aryl methyl sites for hydroxylation is 2. The summed E-state index contributed by atoms with van der Waals surface area (Å²) in [5.74, 6) is 0.875. The topological polar surface area (TPSA) is 51.8 Å². The zero-order valence-corrected chi connectivity index (χ0v) is 9.34. The van der Waals surface area contributed by atoms with E-state index in [2.05, 4.69) is 9.97 Å². The van der Waals surface area contributed by atoms with Crippen LogP contribution in [0.5, 0.6) is 0 Å². The first-order valence-electron chi connectivity index (χ1n) is 4.52. The molecule has 0 unspecified atom stereocenters. The SMILES string of the molecule is Cc1cc(C)nc(SCC=CCN)n1. The van der Waals surface area contributed by atoms with Gasteiger partial charge in [-0.1, -0.05) is 23.9 Å². The molecule has 0 radical (unpaired) electrons. The van der Waals surface area contributed by atoms with Crippen molar-refractivity contribution in [3.8, 4) is 0 Å². The van der Waals surface area contributed by atoms with E-state index in [-0.39, 0.29) is 0 Å². The van der Waals surface area contributed by atoms with E-state index in [1.807, 2.05) is 32.1 Å². The minimum Gasteiger partial charge on any atom is -0.327 e. The zero-order valence-electron chi connectivity index (χ0n) is 8.53. The third-order valence-corrected chi connectivity index (χ3v) is 2.37. The average Bonchev–Trinajstić information content (AvgIpc) is 2.11. The molecule has 0 saturated heterocycles. The van der Waals surface area contributed by atoms with Gasteiger partial charge in [-0.2, -0.15) is 0 Å². The van der Waals surface area contributed by atoms with E-state index in [9.17, 15) is 0 Å². The Bertz CT molecular complexity index is 303. The van der Waals surface area contributed by atoms with Crippen LogP contribution in [0.4, 0.5) is 0 Å².